The highest BCUT2D eigenvalue weighted by Gasteiger charge is 2.42. The summed E-state index contributed by atoms with van der Waals surface area (Å²) < 4.78 is 5.26. The molecule has 0 aromatic rings. The van der Waals surface area contributed by atoms with Gasteiger partial charge in [-0.05, 0) is 12.8 Å². The Balaban J connectivity index is 2.10. The van der Waals surface area contributed by atoms with Gasteiger partial charge in [0.2, 0.25) is 0 Å². The summed E-state index contributed by atoms with van der Waals surface area (Å²) in [6, 6.07) is 0. The van der Waals surface area contributed by atoms with Crippen LogP contribution in [-0.4, -0.2) is 30.5 Å². The lowest BCUT2D eigenvalue weighted by molar-refractivity contribution is 0.0165. The van der Waals surface area contributed by atoms with Crippen LogP contribution in [0.1, 0.15) is 12.8 Å². The van der Waals surface area contributed by atoms with Crippen molar-refractivity contribution in [3.8, 4) is 0 Å². The molecule has 0 aromatic heterocycles. The molecule has 1 aliphatic rings. The summed E-state index contributed by atoms with van der Waals surface area (Å²) in [7, 11) is 0. The third kappa shape index (κ3) is 1.64. The van der Waals surface area contributed by atoms with Gasteiger partial charge in [-0.15, -0.1) is 0 Å². The molecule has 1 aliphatic carbocycles. The Morgan fingerprint density at radius 3 is 2.56 bits per heavy atom. The van der Waals surface area contributed by atoms with Gasteiger partial charge >= 0.3 is 0 Å². The van der Waals surface area contributed by atoms with E-state index in [4.69, 9.17) is 15.6 Å². The summed E-state index contributed by atoms with van der Waals surface area (Å²) in [6.45, 7) is 1.12. The van der Waals surface area contributed by atoms with Gasteiger partial charge in [-0.2, -0.15) is 0 Å². The van der Waals surface area contributed by atoms with E-state index in [9.17, 15) is 0 Å². The number of aliphatic hydroxyl groups is 1. The third-order valence-corrected chi connectivity index (χ3v) is 1.68. The monoisotopic (exact) mass is 131 g/mol. The molecule has 1 saturated carbocycles. The second kappa shape index (κ2) is 2.64. The summed E-state index contributed by atoms with van der Waals surface area (Å²) in [5.74, 6) is 0. The van der Waals surface area contributed by atoms with Gasteiger partial charge in [0.15, 0.2) is 0 Å². The molecule has 1 fully saturated rings. The van der Waals surface area contributed by atoms with Gasteiger partial charge in [-0.3, -0.25) is 0 Å². The number of nitrogens with two attached hydrogens (primary N) is 1. The van der Waals surface area contributed by atoms with Crippen LogP contribution < -0.4 is 5.73 Å². The van der Waals surface area contributed by atoms with Crippen LogP contribution in [0.25, 0.3) is 0 Å². The predicted octanol–water partition coefficient (Wildman–Crippen LogP) is -0.513. The number of hydrogen-bond donors (Lipinski definition) is 2. The van der Waals surface area contributed by atoms with Gasteiger partial charge in [0.1, 0.15) is 0 Å². The van der Waals surface area contributed by atoms with Crippen molar-refractivity contribution in [1.29, 1.82) is 0 Å². The standard InChI is InChI=1S/C6H13NO2/c7-5-6(1-2-6)9-4-3-8/h8H,1-5,7H2. The highest BCUT2D eigenvalue weighted by Crippen LogP contribution is 2.37. The van der Waals surface area contributed by atoms with Gasteiger partial charge in [0.05, 0.1) is 18.8 Å². The summed E-state index contributed by atoms with van der Waals surface area (Å²) >= 11 is 0. The van der Waals surface area contributed by atoms with E-state index in [2.05, 4.69) is 0 Å². The maximum atomic E-state index is 8.39. The highest BCUT2D eigenvalue weighted by atomic mass is 16.5. The lowest BCUT2D eigenvalue weighted by atomic mass is 10.3. The largest absolute Gasteiger partial charge is 0.394 e. The van der Waals surface area contributed by atoms with Crippen molar-refractivity contribution in [1.82, 2.24) is 0 Å². The SMILES string of the molecule is NCC1(OCCO)CC1. The van der Waals surface area contributed by atoms with Crippen molar-refractivity contribution < 1.29 is 9.84 Å². The summed E-state index contributed by atoms with van der Waals surface area (Å²) in [5.41, 5.74) is 5.36. The fraction of sp³-hybridized carbons (Fsp3) is 1.00. The quantitative estimate of drug-likeness (QED) is 0.540. The van der Waals surface area contributed by atoms with Gasteiger partial charge in [-0.1, -0.05) is 0 Å². The average Bonchev–Trinajstić information content (AvgIpc) is 2.65. The predicted molar refractivity (Wildman–Crippen MR) is 34.1 cm³/mol. The Labute approximate surface area is 54.8 Å². The van der Waals surface area contributed by atoms with Crippen LogP contribution in [0.3, 0.4) is 0 Å². The molecule has 0 bridgehead atoms. The van der Waals surface area contributed by atoms with Crippen LogP contribution in [-0.2, 0) is 4.74 Å². The number of hydrogen-bond acceptors (Lipinski definition) is 3. The number of ether oxygens (including phenoxy) is 1. The van der Waals surface area contributed by atoms with E-state index < -0.39 is 0 Å². The Morgan fingerprint density at radius 1 is 1.56 bits per heavy atom. The molecule has 0 heterocycles. The molecule has 0 unspecified atom stereocenters. The highest BCUT2D eigenvalue weighted by molar-refractivity contribution is 4.96. The van der Waals surface area contributed by atoms with Crippen LogP contribution in [0.4, 0.5) is 0 Å². The summed E-state index contributed by atoms with van der Waals surface area (Å²) in [5, 5.41) is 8.39. The van der Waals surface area contributed by atoms with Crippen molar-refractivity contribution in [3.05, 3.63) is 0 Å². The molecule has 1 rings (SSSR count). The Bertz CT molecular complexity index is 91.1. The molecule has 3 nitrogen and oxygen atoms in total. The van der Waals surface area contributed by atoms with E-state index in [1.807, 2.05) is 0 Å². The molecule has 3 heteroatoms. The van der Waals surface area contributed by atoms with Crippen molar-refractivity contribution >= 4 is 0 Å². The minimum atomic E-state index is -0.0390. The van der Waals surface area contributed by atoms with E-state index in [1.165, 1.54) is 0 Å². The van der Waals surface area contributed by atoms with Crippen molar-refractivity contribution in [2.24, 2.45) is 5.73 Å². The van der Waals surface area contributed by atoms with E-state index >= 15 is 0 Å². The lowest BCUT2D eigenvalue weighted by Crippen LogP contribution is -2.26. The fourth-order valence-electron chi connectivity index (χ4n) is 0.809. The third-order valence-electron chi connectivity index (χ3n) is 1.68. The molecular weight excluding hydrogens is 118 g/mol. The van der Waals surface area contributed by atoms with Crippen molar-refractivity contribution in [2.75, 3.05) is 19.8 Å². The zero-order valence-corrected chi connectivity index (χ0v) is 5.47. The number of rotatable bonds is 4. The smallest absolute Gasteiger partial charge is 0.0807 e. The van der Waals surface area contributed by atoms with Crippen molar-refractivity contribution in [2.45, 2.75) is 18.4 Å². The van der Waals surface area contributed by atoms with E-state index in [0.29, 0.717) is 13.2 Å². The first kappa shape index (κ1) is 6.99. The molecule has 0 aliphatic heterocycles. The Kier molecular flexibility index (Phi) is 2.05. The first-order valence-electron chi connectivity index (χ1n) is 3.28. The van der Waals surface area contributed by atoms with E-state index in [0.717, 1.165) is 12.8 Å². The van der Waals surface area contributed by atoms with Crippen LogP contribution in [0.15, 0.2) is 0 Å². The molecule has 0 atom stereocenters. The molecule has 0 aromatic carbocycles. The Hall–Kier alpha value is -0.120. The fourth-order valence-corrected chi connectivity index (χ4v) is 0.809. The van der Waals surface area contributed by atoms with Crippen LogP contribution >= 0.6 is 0 Å². The molecular formula is C6H13NO2. The first-order chi connectivity index (χ1) is 4.33. The summed E-state index contributed by atoms with van der Waals surface area (Å²) in [4.78, 5) is 0. The van der Waals surface area contributed by atoms with E-state index in [1.54, 1.807) is 0 Å². The summed E-state index contributed by atoms with van der Waals surface area (Å²) in [6.07, 6.45) is 2.12. The van der Waals surface area contributed by atoms with Crippen molar-refractivity contribution in [3.63, 3.8) is 0 Å². The first-order valence-corrected chi connectivity index (χ1v) is 3.28. The molecule has 0 amide bonds. The maximum absolute atomic E-state index is 8.39. The molecule has 0 saturated heterocycles. The van der Waals surface area contributed by atoms with Gasteiger partial charge in [0.25, 0.3) is 0 Å². The van der Waals surface area contributed by atoms with Gasteiger partial charge in [-0.25, -0.2) is 0 Å². The second-order valence-corrected chi connectivity index (χ2v) is 2.46. The van der Waals surface area contributed by atoms with Crippen LogP contribution in [0.2, 0.25) is 0 Å². The topological polar surface area (TPSA) is 55.5 Å². The molecule has 0 radical (unpaired) electrons. The van der Waals surface area contributed by atoms with Gasteiger partial charge in [0, 0.05) is 6.54 Å². The van der Waals surface area contributed by atoms with E-state index in [-0.39, 0.29) is 12.2 Å². The molecule has 9 heavy (non-hydrogen) atoms. The minimum absolute atomic E-state index is 0.0390. The zero-order valence-electron chi connectivity index (χ0n) is 5.47. The normalized spacial score (nSPS) is 22.0. The minimum Gasteiger partial charge on any atom is -0.394 e. The number of aliphatic hydroxyl groups excluding tert-OH is 1. The maximum Gasteiger partial charge on any atom is 0.0807 e. The van der Waals surface area contributed by atoms with Crippen LogP contribution in [0, 0.1) is 0 Å². The molecule has 3 N–H and O–H groups in total. The molecule has 54 valence electrons. The lowest BCUT2D eigenvalue weighted by Gasteiger charge is -2.11. The average molecular weight is 131 g/mol. The van der Waals surface area contributed by atoms with Crippen LogP contribution in [0.5, 0.6) is 0 Å². The second-order valence-electron chi connectivity index (χ2n) is 2.46. The Morgan fingerprint density at radius 2 is 2.22 bits per heavy atom. The molecule has 0 spiro atoms. The van der Waals surface area contributed by atoms with Gasteiger partial charge < -0.3 is 15.6 Å². The zero-order chi connectivity index (χ0) is 6.74.